The van der Waals surface area contributed by atoms with Gasteiger partial charge in [-0.25, -0.2) is 0 Å². The van der Waals surface area contributed by atoms with Gasteiger partial charge in [0.1, 0.15) is 0 Å². The minimum Gasteiger partial charge on any atom is -0.466 e. The van der Waals surface area contributed by atoms with E-state index in [1.807, 2.05) is 6.08 Å². The lowest BCUT2D eigenvalue weighted by Gasteiger charge is -2.20. The summed E-state index contributed by atoms with van der Waals surface area (Å²) in [6.07, 6.45) is 80.5. The number of hydrogen-bond donors (Lipinski definition) is 3. The largest absolute Gasteiger partial charge is 0.466 e. The Morgan fingerprint density at radius 1 is 0.378 bits per heavy atom. The van der Waals surface area contributed by atoms with Gasteiger partial charge in [0.15, 0.2) is 0 Å². The van der Waals surface area contributed by atoms with E-state index in [9.17, 15) is 19.8 Å². The zero-order chi connectivity index (χ0) is 53.6. The quantitative estimate of drug-likeness (QED) is 0.0320. The second kappa shape index (κ2) is 63.6. The van der Waals surface area contributed by atoms with E-state index in [0.29, 0.717) is 19.4 Å². The fourth-order valence-corrected chi connectivity index (χ4v) is 10.3. The predicted octanol–water partition coefficient (Wildman–Crippen LogP) is 21.1. The Balaban J connectivity index is 3.41. The van der Waals surface area contributed by atoms with Crippen molar-refractivity contribution in [3.05, 3.63) is 36.5 Å². The number of aliphatic hydroxyl groups is 2. The molecule has 3 N–H and O–H groups in total. The Hall–Kier alpha value is -1.92. The molecule has 2 atom stereocenters. The summed E-state index contributed by atoms with van der Waals surface area (Å²) in [6, 6.07) is -0.630. The van der Waals surface area contributed by atoms with Crippen molar-refractivity contribution in [3.8, 4) is 0 Å². The number of esters is 1. The minimum atomic E-state index is -0.846. The summed E-state index contributed by atoms with van der Waals surface area (Å²) in [6.45, 7) is 4.90. The number of hydrogen-bond acceptors (Lipinski definition) is 5. The maximum Gasteiger partial charge on any atom is 0.305 e. The van der Waals surface area contributed by atoms with Gasteiger partial charge in [0.05, 0.1) is 25.4 Å². The number of carbonyl (C=O) groups excluding carboxylic acids is 2. The molecule has 0 radical (unpaired) electrons. The van der Waals surface area contributed by atoms with Crippen molar-refractivity contribution in [3.63, 3.8) is 0 Å². The van der Waals surface area contributed by atoms with Crippen LogP contribution in [0.25, 0.3) is 0 Å². The molecule has 0 aliphatic carbocycles. The van der Waals surface area contributed by atoms with Crippen molar-refractivity contribution >= 4 is 11.9 Å². The van der Waals surface area contributed by atoms with Crippen LogP contribution in [0.5, 0.6) is 0 Å². The van der Waals surface area contributed by atoms with E-state index in [-0.39, 0.29) is 18.5 Å². The van der Waals surface area contributed by atoms with Crippen molar-refractivity contribution in [1.82, 2.24) is 5.32 Å². The number of unbranched alkanes of at least 4 members (excludes halogenated alkanes) is 47. The molecule has 0 heterocycles. The molecule has 0 aromatic heterocycles. The molecule has 0 spiro atoms. The number of allylic oxidation sites excluding steroid dienone is 5. The minimum absolute atomic E-state index is 0.00402. The summed E-state index contributed by atoms with van der Waals surface area (Å²) in [5.41, 5.74) is 0. The Morgan fingerprint density at radius 3 is 1.05 bits per heavy atom. The third kappa shape index (κ3) is 59.3. The van der Waals surface area contributed by atoms with Crippen molar-refractivity contribution in [2.24, 2.45) is 0 Å². The van der Waals surface area contributed by atoms with Crippen molar-refractivity contribution in [2.75, 3.05) is 13.2 Å². The van der Waals surface area contributed by atoms with E-state index >= 15 is 0 Å². The van der Waals surface area contributed by atoms with Crippen molar-refractivity contribution in [2.45, 2.75) is 373 Å². The number of amides is 1. The van der Waals surface area contributed by atoms with Crippen LogP contribution in [0, 0.1) is 0 Å². The van der Waals surface area contributed by atoms with Crippen LogP contribution in [0.1, 0.15) is 361 Å². The van der Waals surface area contributed by atoms with Crippen LogP contribution < -0.4 is 5.32 Å². The highest BCUT2D eigenvalue weighted by atomic mass is 16.5. The van der Waals surface area contributed by atoms with Gasteiger partial charge in [-0.2, -0.15) is 0 Å². The highest BCUT2D eigenvalue weighted by molar-refractivity contribution is 5.76. The van der Waals surface area contributed by atoms with Crippen LogP contribution in [-0.4, -0.2) is 47.4 Å². The second-order valence-electron chi connectivity index (χ2n) is 22.8. The van der Waals surface area contributed by atoms with E-state index in [0.717, 1.165) is 51.4 Å². The number of aliphatic hydroxyl groups excluding tert-OH is 2. The normalized spacial score (nSPS) is 12.8. The van der Waals surface area contributed by atoms with Gasteiger partial charge in [0, 0.05) is 12.8 Å². The average molecular weight is 1040 g/mol. The molecule has 0 rings (SSSR count). The Bertz CT molecular complexity index is 1200. The van der Waals surface area contributed by atoms with E-state index in [1.54, 1.807) is 6.08 Å². The Labute approximate surface area is 462 Å². The van der Waals surface area contributed by atoms with E-state index < -0.39 is 12.1 Å². The maximum atomic E-state index is 12.5. The molecule has 0 aromatic carbocycles. The summed E-state index contributed by atoms with van der Waals surface area (Å²) in [7, 11) is 0. The third-order valence-corrected chi connectivity index (χ3v) is 15.4. The van der Waals surface area contributed by atoms with Crippen LogP contribution in [0.3, 0.4) is 0 Å². The van der Waals surface area contributed by atoms with Crippen LogP contribution in [-0.2, 0) is 14.3 Å². The fourth-order valence-electron chi connectivity index (χ4n) is 10.3. The first-order valence-corrected chi connectivity index (χ1v) is 33.3. The van der Waals surface area contributed by atoms with Crippen LogP contribution in [0.15, 0.2) is 36.5 Å². The number of ether oxygens (including phenoxy) is 1. The third-order valence-electron chi connectivity index (χ3n) is 15.4. The molecule has 2 unspecified atom stereocenters. The van der Waals surface area contributed by atoms with Gasteiger partial charge in [-0.3, -0.25) is 9.59 Å². The molecule has 6 nitrogen and oxygen atoms in total. The van der Waals surface area contributed by atoms with Gasteiger partial charge >= 0.3 is 5.97 Å². The van der Waals surface area contributed by atoms with Crippen LogP contribution >= 0.6 is 0 Å². The van der Waals surface area contributed by atoms with E-state index in [2.05, 4.69) is 43.5 Å². The van der Waals surface area contributed by atoms with E-state index in [1.165, 1.54) is 283 Å². The summed E-state index contributed by atoms with van der Waals surface area (Å²) < 4.78 is 5.49. The molecule has 0 aromatic rings. The average Bonchev–Trinajstić information content (AvgIpc) is 3.40. The first kappa shape index (κ1) is 72.1. The summed E-state index contributed by atoms with van der Waals surface area (Å²) in [5, 5.41) is 23.2. The van der Waals surface area contributed by atoms with Crippen molar-refractivity contribution < 1.29 is 24.5 Å². The summed E-state index contributed by atoms with van der Waals surface area (Å²) in [5.74, 6) is -0.0623. The zero-order valence-corrected chi connectivity index (χ0v) is 49.8. The standard InChI is InChI=1S/C68H129NO5/c1-3-5-7-9-11-13-15-17-19-21-25-29-32-36-40-44-48-52-56-60-66(71)65(64-70)69-67(72)61-57-53-49-45-41-37-33-30-26-23-22-24-27-31-35-39-43-47-51-55-59-63-74-68(73)62-58-54-50-46-42-38-34-28-20-18-16-14-12-10-8-6-4-2/h12,14,18,20,56,60,65-66,70-71H,3-11,13,15-17,19,21-55,57-59,61-64H2,1-2H3,(H,69,72)/b14-12-,20-18-,60-56+. The first-order chi connectivity index (χ1) is 36.5. The van der Waals surface area contributed by atoms with Gasteiger partial charge in [-0.15, -0.1) is 0 Å². The molecular weight excluding hydrogens is 911 g/mol. The maximum absolute atomic E-state index is 12.5. The molecule has 0 saturated carbocycles. The summed E-state index contributed by atoms with van der Waals surface area (Å²) in [4.78, 5) is 24.6. The second-order valence-corrected chi connectivity index (χ2v) is 22.8. The van der Waals surface area contributed by atoms with Crippen LogP contribution in [0.2, 0.25) is 0 Å². The van der Waals surface area contributed by atoms with Crippen LogP contribution in [0.4, 0.5) is 0 Å². The molecule has 6 heteroatoms. The molecule has 1 amide bonds. The van der Waals surface area contributed by atoms with Crippen molar-refractivity contribution in [1.29, 1.82) is 0 Å². The van der Waals surface area contributed by atoms with Gasteiger partial charge < -0.3 is 20.3 Å². The highest BCUT2D eigenvalue weighted by Crippen LogP contribution is 2.18. The summed E-state index contributed by atoms with van der Waals surface area (Å²) >= 11 is 0. The molecule has 0 aliphatic rings. The smallest absolute Gasteiger partial charge is 0.305 e. The number of nitrogens with one attached hydrogen (secondary N) is 1. The number of carbonyl (C=O) groups is 2. The molecule has 0 aliphatic heterocycles. The predicted molar refractivity (Wildman–Crippen MR) is 324 cm³/mol. The molecule has 0 fully saturated rings. The monoisotopic (exact) mass is 1040 g/mol. The zero-order valence-electron chi connectivity index (χ0n) is 49.8. The highest BCUT2D eigenvalue weighted by Gasteiger charge is 2.18. The molecule has 74 heavy (non-hydrogen) atoms. The lowest BCUT2D eigenvalue weighted by atomic mass is 10.0. The fraction of sp³-hybridized carbons (Fsp3) is 0.882. The van der Waals surface area contributed by atoms with Gasteiger partial charge in [-0.05, 0) is 64.2 Å². The van der Waals surface area contributed by atoms with Gasteiger partial charge in [-0.1, -0.05) is 320 Å². The lowest BCUT2D eigenvalue weighted by molar-refractivity contribution is -0.143. The Morgan fingerprint density at radius 2 is 0.676 bits per heavy atom. The molecule has 436 valence electrons. The van der Waals surface area contributed by atoms with Gasteiger partial charge in [0.2, 0.25) is 5.91 Å². The Kier molecular flexibility index (Phi) is 62.0. The number of rotatable bonds is 62. The SMILES string of the molecule is CCCCC/C=C\C/C=C\CCCCCCCCCC(=O)OCCCCCCCCCCCCCCCCCCCCCCCC(=O)NC(CO)C(O)/C=C/CCCCCCCCCCCCCCCCCCC. The first-order valence-electron chi connectivity index (χ1n) is 33.3. The topological polar surface area (TPSA) is 95.9 Å². The lowest BCUT2D eigenvalue weighted by Crippen LogP contribution is -2.45. The van der Waals surface area contributed by atoms with E-state index in [4.69, 9.17) is 4.74 Å². The molecule has 0 bridgehead atoms. The molecular formula is C68H129NO5. The molecule has 0 saturated heterocycles. The van der Waals surface area contributed by atoms with Gasteiger partial charge in [0.25, 0.3) is 0 Å².